The fourth-order valence-electron chi connectivity index (χ4n) is 2.42. The van der Waals surface area contributed by atoms with Crippen LogP contribution in [-0.2, 0) is 11.2 Å². The maximum atomic E-state index is 12.3. The van der Waals surface area contributed by atoms with E-state index in [0.717, 1.165) is 11.1 Å². The lowest BCUT2D eigenvalue weighted by molar-refractivity contribution is -0.384. The van der Waals surface area contributed by atoms with Crippen molar-refractivity contribution in [3.8, 4) is 0 Å². The molecule has 0 spiro atoms. The number of non-ortho nitro benzene ring substituents is 1. The van der Waals surface area contributed by atoms with E-state index in [1.54, 1.807) is 31.2 Å². The Morgan fingerprint density at radius 1 is 1.26 bits per heavy atom. The van der Waals surface area contributed by atoms with Crippen LogP contribution in [0.4, 0.5) is 17.1 Å². The van der Waals surface area contributed by atoms with Crippen molar-refractivity contribution in [3.05, 3.63) is 63.2 Å². The number of nitro groups is 1. The lowest BCUT2D eigenvalue weighted by Gasteiger charge is -2.09. The summed E-state index contributed by atoms with van der Waals surface area (Å²) in [5.41, 5.74) is 2.89. The Bertz CT molecular complexity index is 845. The third-order valence-corrected chi connectivity index (χ3v) is 3.67. The molecule has 7 heteroatoms. The minimum atomic E-state index is -0.512. The van der Waals surface area contributed by atoms with Gasteiger partial charge in [0.15, 0.2) is 0 Å². The van der Waals surface area contributed by atoms with Crippen molar-refractivity contribution >= 4 is 28.9 Å². The summed E-state index contributed by atoms with van der Waals surface area (Å²) in [6.07, 6.45) is 0.242. The van der Waals surface area contributed by atoms with Gasteiger partial charge in [-0.2, -0.15) is 0 Å². The molecule has 2 aromatic carbocycles. The molecule has 0 bridgehead atoms. The first-order chi connectivity index (χ1) is 10.9. The number of anilines is 2. The highest BCUT2D eigenvalue weighted by molar-refractivity contribution is 6.06. The van der Waals surface area contributed by atoms with Gasteiger partial charge in [0.1, 0.15) is 0 Å². The van der Waals surface area contributed by atoms with Gasteiger partial charge < -0.3 is 10.6 Å². The number of rotatable bonds is 3. The lowest BCUT2D eigenvalue weighted by atomic mass is 10.1. The zero-order valence-corrected chi connectivity index (χ0v) is 12.3. The average molecular weight is 311 g/mol. The fourth-order valence-corrected chi connectivity index (χ4v) is 2.42. The maximum Gasteiger partial charge on any atom is 0.271 e. The van der Waals surface area contributed by atoms with Gasteiger partial charge in [-0.15, -0.1) is 0 Å². The van der Waals surface area contributed by atoms with Crippen molar-refractivity contribution < 1.29 is 14.5 Å². The van der Waals surface area contributed by atoms with Crippen molar-refractivity contribution in [2.45, 2.75) is 13.3 Å². The molecule has 0 saturated heterocycles. The highest BCUT2D eigenvalue weighted by Gasteiger charge is 2.19. The molecule has 1 aliphatic heterocycles. The Labute approximate surface area is 131 Å². The van der Waals surface area contributed by atoms with Gasteiger partial charge in [0.05, 0.1) is 17.0 Å². The lowest BCUT2D eigenvalue weighted by Crippen LogP contribution is -2.13. The third kappa shape index (κ3) is 2.89. The van der Waals surface area contributed by atoms with Crippen LogP contribution in [0.2, 0.25) is 0 Å². The molecule has 3 rings (SSSR count). The van der Waals surface area contributed by atoms with E-state index in [2.05, 4.69) is 10.6 Å². The second kappa shape index (κ2) is 5.53. The number of hydrogen-bond acceptors (Lipinski definition) is 4. The Morgan fingerprint density at radius 2 is 2.04 bits per heavy atom. The quantitative estimate of drug-likeness (QED) is 0.672. The Hall–Kier alpha value is -3.22. The molecule has 0 aromatic heterocycles. The van der Waals surface area contributed by atoms with Crippen molar-refractivity contribution in [3.63, 3.8) is 0 Å². The highest BCUT2D eigenvalue weighted by Crippen LogP contribution is 2.26. The normalized spacial score (nSPS) is 12.5. The van der Waals surface area contributed by atoms with Crippen LogP contribution < -0.4 is 10.6 Å². The molecule has 2 amide bonds. The van der Waals surface area contributed by atoms with Gasteiger partial charge >= 0.3 is 0 Å². The first-order valence-electron chi connectivity index (χ1n) is 6.93. The number of carbonyl (C=O) groups is 2. The summed E-state index contributed by atoms with van der Waals surface area (Å²) in [7, 11) is 0. The van der Waals surface area contributed by atoms with Crippen LogP contribution in [0.25, 0.3) is 0 Å². The van der Waals surface area contributed by atoms with Crippen LogP contribution in [0.15, 0.2) is 36.4 Å². The number of aryl methyl sites for hydroxylation is 1. The fraction of sp³-hybridized carbons (Fsp3) is 0.125. The molecule has 0 fully saturated rings. The predicted octanol–water partition coefficient (Wildman–Crippen LogP) is 2.65. The van der Waals surface area contributed by atoms with Gasteiger partial charge in [-0.25, -0.2) is 0 Å². The zero-order chi connectivity index (χ0) is 16.6. The summed E-state index contributed by atoms with van der Waals surface area (Å²) in [5.74, 6) is -0.483. The monoisotopic (exact) mass is 311 g/mol. The number of benzene rings is 2. The van der Waals surface area contributed by atoms with Gasteiger partial charge in [-0.05, 0) is 36.2 Å². The second-order valence-electron chi connectivity index (χ2n) is 5.31. The molecule has 1 aliphatic rings. The molecule has 2 N–H and O–H groups in total. The van der Waals surface area contributed by atoms with E-state index in [0.29, 0.717) is 16.9 Å². The molecule has 0 saturated carbocycles. The molecule has 23 heavy (non-hydrogen) atoms. The van der Waals surface area contributed by atoms with Crippen molar-refractivity contribution in [2.75, 3.05) is 10.6 Å². The Balaban J connectivity index is 1.85. The summed E-state index contributed by atoms with van der Waals surface area (Å²) < 4.78 is 0. The summed E-state index contributed by atoms with van der Waals surface area (Å²) in [6, 6.07) is 9.22. The van der Waals surface area contributed by atoms with Gasteiger partial charge in [0.2, 0.25) is 5.91 Å². The van der Waals surface area contributed by atoms with E-state index in [4.69, 9.17) is 0 Å². The molecule has 116 valence electrons. The smallest absolute Gasteiger partial charge is 0.271 e. The number of nitrogens with one attached hydrogen (secondary N) is 2. The van der Waals surface area contributed by atoms with Gasteiger partial charge in [-0.3, -0.25) is 19.7 Å². The van der Waals surface area contributed by atoms with Crippen molar-refractivity contribution in [1.29, 1.82) is 0 Å². The molecule has 2 aromatic rings. The Morgan fingerprint density at radius 3 is 2.78 bits per heavy atom. The molecule has 7 nitrogen and oxygen atoms in total. The average Bonchev–Trinajstić information content (AvgIpc) is 2.88. The third-order valence-electron chi connectivity index (χ3n) is 3.67. The van der Waals surface area contributed by atoms with Crippen molar-refractivity contribution in [2.24, 2.45) is 0 Å². The summed E-state index contributed by atoms with van der Waals surface area (Å²) >= 11 is 0. The number of carbonyl (C=O) groups excluding carboxylic acids is 2. The number of amides is 2. The summed E-state index contributed by atoms with van der Waals surface area (Å²) in [5, 5.41) is 16.2. The molecular weight excluding hydrogens is 298 g/mol. The van der Waals surface area contributed by atoms with Crippen LogP contribution in [0.3, 0.4) is 0 Å². The van der Waals surface area contributed by atoms with Crippen molar-refractivity contribution in [1.82, 2.24) is 0 Å². The van der Waals surface area contributed by atoms with Crippen LogP contribution >= 0.6 is 0 Å². The molecule has 1 heterocycles. The first kappa shape index (κ1) is 14.7. The number of nitro benzene ring substituents is 1. The standard InChI is InChI=1S/C16H13N3O4/c1-9-2-4-12(19(22)23)8-14(9)18-16(21)10-3-5-13-11(6-10)7-15(20)17-13/h2-6,8H,7H2,1H3,(H,17,20)(H,18,21). The minimum Gasteiger partial charge on any atom is -0.326 e. The Kier molecular flexibility index (Phi) is 3.53. The zero-order valence-electron chi connectivity index (χ0n) is 12.3. The number of hydrogen-bond donors (Lipinski definition) is 2. The van der Waals surface area contributed by atoms with E-state index in [1.165, 1.54) is 12.1 Å². The van der Waals surface area contributed by atoms with Gasteiger partial charge in [-0.1, -0.05) is 6.07 Å². The van der Waals surface area contributed by atoms with Crippen LogP contribution in [0, 0.1) is 17.0 Å². The van der Waals surface area contributed by atoms with Crippen LogP contribution in [0.5, 0.6) is 0 Å². The predicted molar refractivity (Wildman–Crippen MR) is 84.6 cm³/mol. The summed E-state index contributed by atoms with van der Waals surface area (Å²) in [6.45, 7) is 1.75. The van der Waals surface area contributed by atoms with Crippen LogP contribution in [-0.4, -0.2) is 16.7 Å². The molecule has 0 aliphatic carbocycles. The minimum absolute atomic E-state index is 0.0883. The van der Waals surface area contributed by atoms with Gasteiger partial charge in [0, 0.05) is 23.4 Å². The second-order valence-corrected chi connectivity index (χ2v) is 5.31. The highest BCUT2D eigenvalue weighted by atomic mass is 16.6. The topological polar surface area (TPSA) is 101 Å². The first-order valence-corrected chi connectivity index (χ1v) is 6.93. The van der Waals surface area contributed by atoms with E-state index in [1.807, 2.05) is 0 Å². The summed E-state index contributed by atoms with van der Waals surface area (Å²) in [4.78, 5) is 34.0. The molecule has 0 radical (unpaired) electrons. The van der Waals surface area contributed by atoms with E-state index >= 15 is 0 Å². The number of fused-ring (bicyclic) bond motifs is 1. The SMILES string of the molecule is Cc1ccc([N+](=O)[O-])cc1NC(=O)c1ccc2c(c1)CC(=O)N2. The largest absolute Gasteiger partial charge is 0.326 e. The van der Waals surface area contributed by atoms with Crippen LogP contribution in [0.1, 0.15) is 21.5 Å². The molecule has 0 unspecified atom stereocenters. The maximum absolute atomic E-state index is 12.3. The molecule has 0 atom stereocenters. The molecular formula is C16H13N3O4. The van der Waals surface area contributed by atoms with E-state index in [9.17, 15) is 19.7 Å². The van der Waals surface area contributed by atoms with E-state index in [-0.39, 0.29) is 23.9 Å². The van der Waals surface area contributed by atoms with Gasteiger partial charge in [0.25, 0.3) is 11.6 Å². The van der Waals surface area contributed by atoms with E-state index < -0.39 is 4.92 Å². The number of nitrogens with zero attached hydrogens (tertiary/aromatic N) is 1.